The number of benzene rings is 2. The van der Waals surface area contributed by atoms with Crippen molar-refractivity contribution >= 4 is 22.5 Å². The minimum Gasteiger partial charge on any atom is -0.493 e. The van der Waals surface area contributed by atoms with Crippen LogP contribution in [0.15, 0.2) is 57.7 Å². The lowest BCUT2D eigenvalue weighted by Gasteiger charge is -2.11. The van der Waals surface area contributed by atoms with Crippen molar-refractivity contribution in [3.05, 3.63) is 75.6 Å². The number of hydrogen-bond acceptors (Lipinski definition) is 5. The van der Waals surface area contributed by atoms with Crippen LogP contribution in [0.5, 0.6) is 5.75 Å². The molecule has 3 rings (SSSR count). The highest BCUT2D eigenvalue weighted by Gasteiger charge is 2.25. The maximum atomic E-state index is 13.0. The number of rotatable bonds is 4. The van der Waals surface area contributed by atoms with Crippen molar-refractivity contribution in [1.82, 2.24) is 0 Å². The molecule has 0 spiro atoms. The molecule has 3 aromatic rings. The first-order chi connectivity index (χ1) is 11.5. The van der Waals surface area contributed by atoms with Crippen LogP contribution in [0, 0.1) is 0 Å². The van der Waals surface area contributed by atoms with E-state index in [0.29, 0.717) is 16.7 Å². The molecule has 0 saturated carbocycles. The first-order valence-corrected chi connectivity index (χ1v) is 7.29. The molecule has 120 valence electrons. The van der Waals surface area contributed by atoms with Crippen LogP contribution >= 0.6 is 0 Å². The van der Waals surface area contributed by atoms with Crippen LogP contribution in [-0.2, 0) is 0 Å². The van der Waals surface area contributed by atoms with Gasteiger partial charge >= 0.3 is 5.63 Å². The number of Topliss-reactive ketones (excluding diaryl/α,β-unsaturated/α-hetero) is 1. The highest BCUT2D eigenvalue weighted by Crippen LogP contribution is 2.29. The van der Waals surface area contributed by atoms with Gasteiger partial charge in [-0.3, -0.25) is 9.59 Å². The van der Waals surface area contributed by atoms with Gasteiger partial charge in [0.25, 0.3) is 0 Å². The van der Waals surface area contributed by atoms with Crippen molar-refractivity contribution in [1.29, 1.82) is 0 Å². The predicted molar refractivity (Wildman–Crippen MR) is 88.9 cm³/mol. The number of hydrogen-bond donors (Lipinski definition) is 0. The Hall–Kier alpha value is -3.21. The molecule has 0 bridgehead atoms. The summed E-state index contributed by atoms with van der Waals surface area (Å²) in [6, 6.07) is 13.4. The molecule has 0 atom stereocenters. The molecule has 0 fully saturated rings. The van der Waals surface area contributed by atoms with Gasteiger partial charge in [-0.25, -0.2) is 4.79 Å². The van der Waals surface area contributed by atoms with E-state index in [4.69, 9.17) is 9.15 Å². The summed E-state index contributed by atoms with van der Waals surface area (Å²) in [7, 11) is 1.44. The van der Waals surface area contributed by atoms with Crippen LogP contribution < -0.4 is 10.4 Å². The van der Waals surface area contributed by atoms with Crippen molar-refractivity contribution in [2.45, 2.75) is 6.92 Å². The third kappa shape index (κ3) is 2.50. The second-order valence-electron chi connectivity index (χ2n) is 5.23. The van der Waals surface area contributed by atoms with Crippen LogP contribution in [0.4, 0.5) is 0 Å². The van der Waals surface area contributed by atoms with E-state index in [9.17, 15) is 14.4 Å². The van der Waals surface area contributed by atoms with Gasteiger partial charge in [0.1, 0.15) is 5.56 Å². The van der Waals surface area contributed by atoms with Crippen LogP contribution in [0.2, 0.25) is 0 Å². The van der Waals surface area contributed by atoms with Gasteiger partial charge < -0.3 is 9.15 Å². The fourth-order valence-electron chi connectivity index (χ4n) is 2.65. The van der Waals surface area contributed by atoms with Crippen LogP contribution in [0.25, 0.3) is 11.0 Å². The lowest BCUT2D eigenvalue weighted by Crippen LogP contribution is -2.19. The summed E-state index contributed by atoms with van der Waals surface area (Å²) >= 11 is 0. The van der Waals surface area contributed by atoms with E-state index in [1.165, 1.54) is 14.0 Å². The molecule has 0 unspecified atom stereocenters. The molecule has 1 heterocycles. The Morgan fingerprint density at radius 2 is 1.67 bits per heavy atom. The summed E-state index contributed by atoms with van der Waals surface area (Å²) in [4.78, 5) is 37.2. The largest absolute Gasteiger partial charge is 0.493 e. The quantitative estimate of drug-likeness (QED) is 0.544. The molecule has 5 nitrogen and oxygen atoms in total. The highest BCUT2D eigenvalue weighted by molar-refractivity contribution is 6.21. The first kappa shape index (κ1) is 15.7. The number of methoxy groups -OCH3 is 1. The Morgan fingerprint density at radius 1 is 0.958 bits per heavy atom. The van der Waals surface area contributed by atoms with Gasteiger partial charge in [0.15, 0.2) is 22.9 Å². The third-order valence-electron chi connectivity index (χ3n) is 3.73. The zero-order valence-electron chi connectivity index (χ0n) is 13.2. The Balaban J connectivity index is 2.44. The molecule has 0 radical (unpaired) electrons. The Bertz CT molecular complexity index is 999. The molecule has 2 aromatic carbocycles. The molecule has 0 saturated heterocycles. The molecule has 24 heavy (non-hydrogen) atoms. The molecule has 5 heteroatoms. The van der Waals surface area contributed by atoms with Gasteiger partial charge in [0.05, 0.1) is 12.7 Å². The van der Waals surface area contributed by atoms with E-state index in [2.05, 4.69) is 0 Å². The molecule has 0 amide bonds. The Kier molecular flexibility index (Phi) is 4.00. The van der Waals surface area contributed by atoms with Crippen molar-refractivity contribution in [3.8, 4) is 5.75 Å². The summed E-state index contributed by atoms with van der Waals surface area (Å²) < 4.78 is 10.4. The second-order valence-corrected chi connectivity index (χ2v) is 5.23. The lowest BCUT2D eigenvalue weighted by atomic mass is 9.94. The molecular weight excluding hydrogens is 308 g/mol. The normalized spacial score (nSPS) is 10.6. The SMILES string of the molecule is COc1cccc2c(C(=O)c3ccccc3)c(C(C)=O)c(=O)oc12. The second kappa shape index (κ2) is 6.12. The van der Waals surface area contributed by atoms with Crippen molar-refractivity contribution in [2.75, 3.05) is 7.11 Å². The molecule has 0 aliphatic rings. The number of ketones is 2. The van der Waals surface area contributed by atoms with Crippen molar-refractivity contribution in [2.24, 2.45) is 0 Å². The minimum atomic E-state index is -0.848. The number of carbonyl (C=O) groups is 2. The van der Waals surface area contributed by atoms with E-state index in [1.54, 1.807) is 48.5 Å². The molecule has 0 N–H and O–H groups in total. The summed E-state index contributed by atoms with van der Waals surface area (Å²) in [6.07, 6.45) is 0. The zero-order valence-corrected chi connectivity index (χ0v) is 13.2. The van der Waals surface area contributed by atoms with Gasteiger partial charge in [-0.15, -0.1) is 0 Å². The zero-order chi connectivity index (χ0) is 17.3. The maximum Gasteiger partial charge on any atom is 0.348 e. The smallest absolute Gasteiger partial charge is 0.348 e. The number of para-hydroxylation sites is 1. The van der Waals surface area contributed by atoms with Crippen molar-refractivity contribution < 1.29 is 18.7 Å². The van der Waals surface area contributed by atoms with E-state index in [-0.39, 0.29) is 16.7 Å². The summed E-state index contributed by atoms with van der Waals surface area (Å²) in [5.41, 5.74) is -0.522. The van der Waals surface area contributed by atoms with E-state index >= 15 is 0 Å². The third-order valence-corrected chi connectivity index (χ3v) is 3.73. The van der Waals surface area contributed by atoms with Gasteiger partial charge in [0.2, 0.25) is 0 Å². The van der Waals surface area contributed by atoms with Gasteiger partial charge in [0, 0.05) is 10.9 Å². The number of fused-ring (bicyclic) bond motifs is 1. The van der Waals surface area contributed by atoms with Crippen LogP contribution in [0.3, 0.4) is 0 Å². The standard InChI is InChI=1S/C19H14O5/c1-11(20)15-16(17(21)12-7-4-3-5-8-12)13-9-6-10-14(23-2)18(13)24-19(15)22/h3-10H,1-2H3. The predicted octanol–water partition coefficient (Wildman–Crippen LogP) is 3.24. The van der Waals surface area contributed by atoms with E-state index < -0.39 is 17.2 Å². The fourth-order valence-corrected chi connectivity index (χ4v) is 2.65. The minimum absolute atomic E-state index is 0.0406. The topological polar surface area (TPSA) is 73.6 Å². The first-order valence-electron chi connectivity index (χ1n) is 7.29. The average Bonchev–Trinajstić information content (AvgIpc) is 2.60. The monoisotopic (exact) mass is 322 g/mol. The van der Waals surface area contributed by atoms with E-state index in [1.807, 2.05) is 0 Å². The summed E-state index contributed by atoms with van der Waals surface area (Å²) in [6.45, 7) is 1.24. The summed E-state index contributed by atoms with van der Waals surface area (Å²) in [5.74, 6) is -0.610. The van der Waals surface area contributed by atoms with Crippen LogP contribution in [-0.4, -0.2) is 18.7 Å². The van der Waals surface area contributed by atoms with Gasteiger partial charge in [-0.2, -0.15) is 0 Å². The van der Waals surface area contributed by atoms with Gasteiger partial charge in [-0.1, -0.05) is 42.5 Å². The summed E-state index contributed by atoms with van der Waals surface area (Å²) in [5, 5.41) is 0.369. The van der Waals surface area contributed by atoms with Crippen molar-refractivity contribution in [3.63, 3.8) is 0 Å². The Labute approximate surface area is 137 Å². The Morgan fingerprint density at radius 3 is 2.29 bits per heavy atom. The van der Waals surface area contributed by atoms with Gasteiger partial charge in [-0.05, 0) is 13.0 Å². The molecular formula is C19H14O5. The highest BCUT2D eigenvalue weighted by atomic mass is 16.5. The number of ether oxygens (including phenoxy) is 1. The van der Waals surface area contributed by atoms with E-state index in [0.717, 1.165) is 0 Å². The average molecular weight is 322 g/mol. The fraction of sp³-hybridized carbons (Fsp3) is 0.105. The number of carbonyl (C=O) groups excluding carboxylic acids is 2. The lowest BCUT2D eigenvalue weighted by molar-refractivity contribution is 0.0987. The molecule has 1 aromatic heterocycles. The van der Waals surface area contributed by atoms with Crippen LogP contribution in [0.1, 0.15) is 33.2 Å². The maximum absolute atomic E-state index is 13.0. The molecule has 0 aliphatic heterocycles. The molecule has 0 aliphatic carbocycles.